The van der Waals surface area contributed by atoms with Crippen LogP contribution in [0.3, 0.4) is 0 Å². The van der Waals surface area contributed by atoms with E-state index in [1.807, 2.05) is 44.2 Å². The molecule has 2 aromatic rings. The molecule has 156 valence electrons. The summed E-state index contributed by atoms with van der Waals surface area (Å²) >= 11 is 0. The molecule has 7 heteroatoms. The molecule has 0 radical (unpaired) electrons. The normalized spacial score (nSPS) is 13.6. The second kappa shape index (κ2) is 9.78. The Hall–Kier alpha value is -2.54. The monoisotopic (exact) mass is 417 g/mol. The van der Waals surface area contributed by atoms with Gasteiger partial charge >= 0.3 is 0 Å². The number of benzene rings is 2. The molecule has 0 heterocycles. The number of aldehydes is 1. The van der Waals surface area contributed by atoms with E-state index in [4.69, 9.17) is 0 Å². The van der Waals surface area contributed by atoms with Gasteiger partial charge in [0.2, 0.25) is 0 Å². The van der Waals surface area contributed by atoms with E-state index < -0.39 is 20.2 Å². The predicted molar refractivity (Wildman–Crippen MR) is 113 cm³/mol. The highest BCUT2D eigenvalue weighted by Crippen LogP contribution is 2.33. The van der Waals surface area contributed by atoms with Gasteiger partial charge in [-0.2, -0.15) is 0 Å². The van der Waals surface area contributed by atoms with Crippen LogP contribution in [-0.2, 0) is 21.1 Å². The maximum Gasteiger partial charge on any atom is 0.269 e. The Kier molecular flexibility index (Phi) is 7.67. The van der Waals surface area contributed by atoms with Crippen LogP contribution in [0, 0.1) is 15.5 Å². The first-order chi connectivity index (χ1) is 13.8. The lowest BCUT2D eigenvalue weighted by molar-refractivity contribution is -0.385. The minimum atomic E-state index is -3.82. The van der Waals surface area contributed by atoms with Crippen molar-refractivity contribution in [3.05, 3.63) is 69.8 Å². The number of non-ortho nitro benzene ring substituents is 1. The number of nitrogens with zero attached hydrogens (tertiary/aromatic N) is 1. The maximum atomic E-state index is 13.3. The third-order valence-corrected chi connectivity index (χ3v) is 7.31. The first kappa shape index (κ1) is 22.7. The van der Waals surface area contributed by atoms with Gasteiger partial charge in [-0.15, -0.1) is 0 Å². The molecule has 0 spiro atoms. The topological polar surface area (TPSA) is 94.3 Å². The van der Waals surface area contributed by atoms with Gasteiger partial charge in [-0.3, -0.25) is 10.1 Å². The van der Waals surface area contributed by atoms with Gasteiger partial charge in [-0.25, -0.2) is 8.42 Å². The van der Waals surface area contributed by atoms with E-state index in [1.54, 1.807) is 0 Å². The number of nitro benzene ring substituents is 1. The summed E-state index contributed by atoms with van der Waals surface area (Å²) in [5.74, 6) is -0.292. The maximum absolute atomic E-state index is 13.3. The van der Waals surface area contributed by atoms with Crippen LogP contribution in [-0.4, -0.2) is 25.4 Å². The highest BCUT2D eigenvalue weighted by Gasteiger charge is 2.35. The molecule has 6 nitrogen and oxygen atoms in total. The predicted octanol–water partition coefficient (Wildman–Crippen LogP) is 4.74. The van der Waals surface area contributed by atoms with Crippen molar-refractivity contribution in [2.24, 2.45) is 5.41 Å². The molecular formula is C22H27NO5S. The zero-order valence-corrected chi connectivity index (χ0v) is 17.7. The summed E-state index contributed by atoms with van der Waals surface area (Å²) in [7, 11) is -3.82. The summed E-state index contributed by atoms with van der Waals surface area (Å²) in [6.45, 7) is 3.81. The Bertz CT molecular complexity index is 956. The summed E-state index contributed by atoms with van der Waals surface area (Å²) in [4.78, 5) is 22.6. The van der Waals surface area contributed by atoms with Crippen molar-refractivity contribution in [2.75, 3.05) is 5.75 Å². The fourth-order valence-corrected chi connectivity index (χ4v) is 5.58. The Morgan fingerprint density at radius 3 is 2.34 bits per heavy atom. The van der Waals surface area contributed by atoms with Gasteiger partial charge < -0.3 is 4.79 Å². The summed E-state index contributed by atoms with van der Waals surface area (Å²) < 4.78 is 26.6. The lowest BCUT2D eigenvalue weighted by atomic mass is 9.84. The highest BCUT2D eigenvalue weighted by atomic mass is 32.2. The smallest absolute Gasteiger partial charge is 0.269 e. The number of rotatable bonds is 11. The Labute approximate surface area is 172 Å². The molecule has 0 amide bonds. The number of hydrogen-bond donors (Lipinski definition) is 0. The first-order valence-corrected chi connectivity index (χ1v) is 11.4. The number of carbonyl (C=O) groups excluding carboxylic acids is 1. The summed E-state index contributed by atoms with van der Waals surface area (Å²) in [5, 5.41) is 11.2. The molecule has 0 aromatic heterocycles. The fourth-order valence-electron chi connectivity index (χ4n) is 3.45. The summed E-state index contributed by atoms with van der Waals surface area (Å²) in [6.07, 6.45) is 3.58. The van der Waals surface area contributed by atoms with Gasteiger partial charge in [-0.05, 0) is 36.5 Å². The number of hydrogen-bond acceptors (Lipinski definition) is 5. The summed E-state index contributed by atoms with van der Waals surface area (Å²) in [5.41, 5.74) is 0.128. The standard InChI is InChI=1S/C22H27NO5S/c1-3-5-13-22(4-2,16-24)17-29(27,28)21-12-11-20(23(25)26)15-19(21)14-18-9-7-6-8-10-18/h6-12,15-16H,3-5,13-14,17H2,1-2H3. The van der Waals surface area contributed by atoms with Crippen LogP contribution in [0.25, 0.3) is 0 Å². The largest absolute Gasteiger partial charge is 0.303 e. The van der Waals surface area contributed by atoms with Crippen LogP contribution < -0.4 is 0 Å². The zero-order valence-electron chi connectivity index (χ0n) is 16.8. The lowest BCUT2D eigenvalue weighted by Crippen LogP contribution is -2.32. The molecule has 0 saturated heterocycles. The third-order valence-electron chi connectivity index (χ3n) is 5.29. The molecule has 0 N–H and O–H groups in total. The molecule has 2 rings (SSSR count). The van der Waals surface area contributed by atoms with Crippen molar-refractivity contribution in [3.8, 4) is 0 Å². The lowest BCUT2D eigenvalue weighted by Gasteiger charge is -2.26. The van der Waals surface area contributed by atoms with Crippen LogP contribution in [0.15, 0.2) is 53.4 Å². The van der Waals surface area contributed by atoms with Gasteiger partial charge in [-0.1, -0.05) is 57.0 Å². The molecule has 0 aliphatic heterocycles. The van der Waals surface area contributed by atoms with E-state index in [0.717, 1.165) is 24.7 Å². The molecule has 2 aromatic carbocycles. The third kappa shape index (κ3) is 5.73. The number of nitro groups is 1. The van der Waals surface area contributed by atoms with Crippen molar-refractivity contribution in [1.29, 1.82) is 0 Å². The van der Waals surface area contributed by atoms with Crippen LogP contribution in [0.1, 0.15) is 50.7 Å². The number of unbranched alkanes of at least 4 members (excludes halogenated alkanes) is 1. The van der Waals surface area contributed by atoms with Crippen molar-refractivity contribution < 1.29 is 18.1 Å². The molecule has 0 saturated carbocycles. The fraction of sp³-hybridized carbons (Fsp3) is 0.409. The van der Waals surface area contributed by atoms with Crippen LogP contribution in [0.4, 0.5) is 5.69 Å². The van der Waals surface area contributed by atoms with Gasteiger partial charge in [0.1, 0.15) is 6.29 Å². The number of carbonyl (C=O) groups is 1. The van der Waals surface area contributed by atoms with Crippen LogP contribution in [0.5, 0.6) is 0 Å². The van der Waals surface area contributed by atoms with Crippen molar-refractivity contribution in [2.45, 2.75) is 50.8 Å². The Balaban J connectivity index is 2.50. The SMILES string of the molecule is CCCCC(C=O)(CC)CS(=O)(=O)c1ccc([N+](=O)[O-])cc1Cc1ccccc1. The average Bonchev–Trinajstić information content (AvgIpc) is 2.71. The van der Waals surface area contributed by atoms with Gasteiger partial charge in [0.15, 0.2) is 9.84 Å². The van der Waals surface area contributed by atoms with Crippen molar-refractivity contribution in [3.63, 3.8) is 0 Å². The minimum Gasteiger partial charge on any atom is -0.303 e. The second-order valence-corrected chi connectivity index (χ2v) is 9.37. The molecule has 1 atom stereocenters. The van der Waals surface area contributed by atoms with Gasteiger partial charge in [0, 0.05) is 17.5 Å². The zero-order chi connectivity index (χ0) is 21.5. The van der Waals surface area contributed by atoms with Gasteiger partial charge in [0.25, 0.3) is 5.69 Å². The van der Waals surface area contributed by atoms with E-state index in [9.17, 15) is 23.3 Å². The van der Waals surface area contributed by atoms with E-state index >= 15 is 0 Å². The van der Waals surface area contributed by atoms with E-state index in [1.165, 1.54) is 18.2 Å². The van der Waals surface area contributed by atoms with Crippen LogP contribution in [0.2, 0.25) is 0 Å². The van der Waals surface area contributed by atoms with E-state index in [0.29, 0.717) is 18.4 Å². The summed E-state index contributed by atoms with van der Waals surface area (Å²) in [6, 6.07) is 13.0. The second-order valence-electron chi connectivity index (χ2n) is 7.41. The Morgan fingerprint density at radius 2 is 1.79 bits per heavy atom. The van der Waals surface area contributed by atoms with Crippen molar-refractivity contribution in [1.82, 2.24) is 0 Å². The Morgan fingerprint density at radius 1 is 1.10 bits per heavy atom. The highest BCUT2D eigenvalue weighted by molar-refractivity contribution is 7.91. The van der Waals surface area contributed by atoms with Gasteiger partial charge in [0.05, 0.1) is 15.6 Å². The molecule has 0 aliphatic rings. The quantitative estimate of drug-likeness (QED) is 0.299. The van der Waals surface area contributed by atoms with E-state index in [2.05, 4.69) is 0 Å². The van der Waals surface area contributed by atoms with Crippen molar-refractivity contribution >= 4 is 21.8 Å². The van der Waals surface area contributed by atoms with Crippen LogP contribution >= 0.6 is 0 Å². The van der Waals surface area contributed by atoms with E-state index in [-0.39, 0.29) is 22.8 Å². The molecular weight excluding hydrogens is 390 g/mol. The first-order valence-electron chi connectivity index (χ1n) is 9.77. The average molecular weight is 418 g/mol. The molecule has 0 bridgehead atoms. The molecule has 1 unspecified atom stereocenters. The molecule has 0 fully saturated rings. The minimum absolute atomic E-state index is 0.0585. The molecule has 29 heavy (non-hydrogen) atoms. The molecule has 0 aliphatic carbocycles. The number of sulfone groups is 1.